The summed E-state index contributed by atoms with van der Waals surface area (Å²) in [5.74, 6) is -0.344. The van der Waals surface area contributed by atoms with Crippen LogP contribution >= 0.6 is 11.6 Å². The molecule has 1 saturated heterocycles. The Balaban J connectivity index is 2.20. The van der Waals surface area contributed by atoms with Crippen molar-refractivity contribution in [3.8, 4) is 0 Å². The van der Waals surface area contributed by atoms with Gasteiger partial charge in [0.15, 0.2) is 6.10 Å². The molecule has 98 valence electrons. The molecule has 2 unspecified atom stereocenters. The van der Waals surface area contributed by atoms with Crippen LogP contribution in [0.1, 0.15) is 38.9 Å². The predicted molar refractivity (Wildman–Crippen MR) is 69.2 cm³/mol. The molecule has 3 nitrogen and oxygen atoms in total. The molecule has 1 aromatic rings. The van der Waals surface area contributed by atoms with E-state index in [2.05, 4.69) is 0 Å². The molecular formula is C14H17ClO3. The Hall–Kier alpha value is -1.06. The predicted octanol–water partition coefficient (Wildman–Crippen LogP) is 3.72. The first kappa shape index (κ1) is 13.4. The van der Waals surface area contributed by atoms with E-state index in [0.717, 1.165) is 12.0 Å². The summed E-state index contributed by atoms with van der Waals surface area (Å²) in [6.45, 7) is 6.08. The molecule has 1 aliphatic heterocycles. The van der Waals surface area contributed by atoms with Crippen molar-refractivity contribution in [3.63, 3.8) is 0 Å². The van der Waals surface area contributed by atoms with Crippen molar-refractivity contribution in [2.75, 3.05) is 0 Å². The average molecular weight is 269 g/mol. The fraction of sp³-hybridized carbons (Fsp3) is 0.500. The van der Waals surface area contributed by atoms with E-state index < -0.39 is 12.4 Å². The highest BCUT2D eigenvalue weighted by Gasteiger charge is 2.43. The molecule has 0 saturated carbocycles. The quantitative estimate of drug-likeness (QED) is 0.784. The molecule has 0 radical (unpaired) electrons. The second-order valence-electron chi connectivity index (χ2n) is 5.18. The van der Waals surface area contributed by atoms with Crippen molar-refractivity contribution in [3.05, 3.63) is 34.9 Å². The van der Waals surface area contributed by atoms with Crippen LogP contribution in [0, 0.1) is 5.41 Å². The highest BCUT2D eigenvalue weighted by molar-refractivity contribution is 6.30. The lowest BCUT2D eigenvalue weighted by Gasteiger charge is -2.27. The molecule has 4 heteroatoms. The highest BCUT2D eigenvalue weighted by Crippen LogP contribution is 2.38. The minimum atomic E-state index is -0.667. The van der Waals surface area contributed by atoms with Gasteiger partial charge in [-0.1, -0.05) is 44.5 Å². The van der Waals surface area contributed by atoms with Crippen LogP contribution in [-0.4, -0.2) is 12.3 Å². The minimum absolute atomic E-state index is 0.191. The first-order valence-electron chi connectivity index (χ1n) is 6.05. The molecule has 0 N–H and O–H groups in total. The van der Waals surface area contributed by atoms with Gasteiger partial charge in [-0.2, -0.15) is 0 Å². The first-order chi connectivity index (χ1) is 8.44. The van der Waals surface area contributed by atoms with E-state index in [9.17, 15) is 4.79 Å². The zero-order valence-electron chi connectivity index (χ0n) is 10.8. The number of carbonyl (C=O) groups excluding carboxylic acids is 1. The van der Waals surface area contributed by atoms with Gasteiger partial charge in [0, 0.05) is 10.4 Å². The van der Waals surface area contributed by atoms with Crippen molar-refractivity contribution < 1.29 is 14.3 Å². The maximum atomic E-state index is 11.9. The number of cyclic esters (lactones) is 1. The van der Waals surface area contributed by atoms with Crippen molar-refractivity contribution in [1.82, 2.24) is 0 Å². The van der Waals surface area contributed by atoms with E-state index in [4.69, 9.17) is 21.1 Å². The lowest BCUT2D eigenvalue weighted by Crippen LogP contribution is -2.29. The van der Waals surface area contributed by atoms with Gasteiger partial charge in [0.2, 0.25) is 6.29 Å². The second-order valence-corrected chi connectivity index (χ2v) is 5.62. The van der Waals surface area contributed by atoms with E-state index in [1.54, 1.807) is 18.2 Å². The van der Waals surface area contributed by atoms with Gasteiger partial charge in [-0.3, -0.25) is 0 Å². The Labute approximate surface area is 112 Å². The highest BCUT2D eigenvalue weighted by atomic mass is 35.5. The van der Waals surface area contributed by atoms with Gasteiger partial charge < -0.3 is 9.47 Å². The maximum Gasteiger partial charge on any atom is 0.342 e. The summed E-state index contributed by atoms with van der Waals surface area (Å²) in [4.78, 5) is 11.9. The van der Waals surface area contributed by atoms with Crippen LogP contribution in [0.25, 0.3) is 0 Å². The number of ether oxygens (including phenoxy) is 2. The van der Waals surface area contributed by atoms with Crippen LogP contribution in [0.2, 0.25) is 5.02 Å². The van der Waals surface area contributed by atoms with E-state index in [0.29, 0.717) is 5.02 Å². The largest absolute Gasteiger partial charge is 0.433 e. The SMILES string of the molecule is CCC(C)(C)C1OC(=O)C(c2cccc(Cl)c2)O1. The number of halogens is 1. The number of hydrogen-bond acceptors (Lipinski definition) is 3. The van der Waals surface area contributed by atoms with Crippen LogP contribution in [0.4, 0.5) is 0 Å². The molecular weight excluding hydrogens is 252 g/mol. The summed E-state index contributed by atoms with van der Waals surface area (Å²) in [6.07, 6.45) is -0.300. The molecule has 1 fully saturated rings. The Bertz CT molecular complexity index is 456. The van der Waals surface area contributed by atoms with Crippen LogP contribution in [-0.2, 0) is 14.3 Å². The van der Waals surface area contributed by atoms with E-state index >= 15 is 0 Å². The third-order valence-corrected chi connectivity index (χ3v) is 3.63. The number of rotatable bonds is 3. The van der Waals surface area contributed by atoms with Gasteiger partial charge in [-0.05, 0) is 24.1 Å². The molecule has 0 aliphatic carbocycles. The van der Waals surface area contributed by atoms with E-state index in [-0.39, 0.29) is 11.4 Å². The monoisotopic (exact) mass is 268 g/mol. The third kappa shape index (κ3) is 2.52. The summed E-state index contributed by atoms with van der Waals surface area (Å²) in [7, 11) is 0. The summed E-state index contributed by atoms with van der Waals surface area (Å²) >= 11 is 5.92. The van der Waals surface area contributed by atoms with Crippen LogP contribution in [0.5, 0.6) is 0 Å². The Morgan fingerprint density at radius 2 is 2.11 bits per heavy atom. The number of benzene rings is 1. The molecule has 2 rings (SSSR count). The Morgan fingerprint density at radius 3 is 2.72 bits per heavy atom. The second kappa shape index (κ2) is 4.90. The van der Waals surface area contributed by atoms with Crippen LogP contribution in [0.3, 0.4) is 0 Å². The van der Waals surface area contributed by atoms with Gasteiger partial charge in [-0.25, -0.2) is 4.79 Å². The normalized spacial score (nSPS) is 24.1. The standard InChI is InChI=1S/C14H17ClO3/c1-4-14(2,3)13-17-11(12(16)18-13)9-6-5-7-10(15)8-9/h5-8,11,13H,4H2,1-3H3. The smallest absolute Gasteiger partial charge is 0.342 e. The summed E-state index contributed by atoms with van der Waals surface area (Å²) in [5, 5.41) is 0.585. The maximum absolute atomic E-state index is 11.9. The molecule has 0 bridgehead atoms. The molecule has 18 heavy (non-hydrogen) atoms. The average Bonchev–Trinajstić information content (AvgIpc) is 2.72. The van der Waals surface area contributed by atoms with E-state index in [1.165, 1.54) is 0 Å². The first-order valence-corrected chi connectivity index (χ1v) is 6.43. The van der Waals surface area contributed by atoms with Gasteiger partial charge in [-0.15, -0.1) is 0 Å². The van der Waals surface area contributed by atoms with Crippen molar-refractivity contribution in [2.45, 2.75) is 39.6 Å². The molecule has 0 aromatic heterocycles. The van der Waals surface area contributed by atoms with Gasteiger partial charge in [0.25, 0.3) is 0 Å². The molecule has 1 aromatic carbocycles. The topological polar surface area (TPSA) is 35.5 Å². The Morgan fingerprint density at radius 1 is 1.39 bits per heavy atom. The number of hydrogen-bond donors (Lipinski definition) is 0. The third-order valence-electron chi connectivity index (χ3n) is 3.40. The molecule has 2 atom stereocenters. The Kier molecular flexibility index (Phi) is 3.64. The van der Waals surface area contributed by atoms with E-state index in [1.807, 2.05) is 26.8 Å². The zero-order valence-corrected chi connectivity index (χ0v) is 11.5. The summed E-state index contributed by atoms with van der Waals surface area (Å²) in [5.41, 5.74) is 0.546. The van der Waals surface area contributed by atoms with Crippen molar-refractivity contribution in [2.24, 2.45) is 5.41 Å². The lowest BCUT2D eigenvalue weighted by atomic mass is 9.89. The summed E-state index contributed by atoms with van der Waals surface area (Å²) in [6, 6.07) is 7.11. The van der Waals surface area contributed by atoms with Crippen LogP contribution in [0.15, 0.2) is 24.3 Å². The van der Waals surface area contributed by atoms with Crippen LogP contribution < -0.4 is 0 Å². The van der Waals surface area contributed by atoms with Crippen molar-refractivity contribution >= 4 is 17.6 Å². The lowest BCUT2D eigenvalue weighted by molar-refractivity contribution is -0.157. The van der Waals surface area contributed by atoms with Gasteiger partial charge in [0.05, 0.1) is 0 Å². The summed E-state index contributed by atoms with van der Waals surface area (Å²) < 4.78 is 11.1. The number of carbonyl (C=O) groups is 1. The van der Waals surface area contributed by atoms with Crippen molar-refractivity contribution in [1.29, 1.82) is 0 Å². The molecule has 0 spiro atoms. The van der Waals surface area contributed by atoms with Gasteiger partial charge in [0.1, 0.15) is 0 Å². The molecule has 1 heterocycles. The fourth-order valence-electron chi connectivity index (χ4n) is 1.77. The molecule has 1 aliphatic rings. The number of esters is 1. The zero-order chi connectivity index (χ0) is 13.3. The molecule has 0 amide bonds. The van der Waals surface area contributed by atoms with Gasteiger partial charge >= 0.3 is 5.97 Å². The minimum Gasteiger partial charge on any atom is -0.433 e. The fourth-order valence-corrected chi connectivity index (χ4v) is 1.97.